The van der Waals surface area contributed by atoms with Gasteiger partial charge in [0.25, 0.3) is 0 Å². The highest BCUT2D eigenvalue weighted by Gasteiger charge is 2.21. The quantitative estimate of drug-likeness (QED) is 0.727. The third kappa shape index (κ3) is 4.33. The van der Waals surface area contributed by atoms with E-state index in [-0.39, 0.29) is 11.7 Å². The van der Waals surface area contributed by atoms with Crippen molar-refractivity contribution in [3.63, 3.8) is 0 Å². The molecule has 0 fully saturated rings. The van der Waals surface area contributed by atoms with Crippen LogP contribution in [0.4, 0.5) is 0 Å². The number of benzene rings is 1. The van der Waals surface area contributed by atoms with Gasteiger partial charge in [0.05, 0.1) is 19.6 Å². The Balaban J connectivity index is 2.46. The number of amides is 1. The standard InChI is InChI=1S/C17H20N2O5S/c1-9-7-14(25-8-11(17(21)22)19-10(2)20)15-12(23-3)5-6-13(24-4)16(15)18-9/h5-7,11H,8H2,1-4H3,(H,19,20)(H,21,22). The first-order valence-electron chi connectivity index (χ1n) is 7.52. The first-order valence-corrected chi connectivity index (χ1v) is 8.51. The number of hydrogen-bond donors (Lipinski definition) is 2. The highest BCUT2D eigenvalue weighted by molar-refractivity contribution is 7.99. The predicted octanol–water partition coefficient (Wildman–Crippen LogP) is 2.24. The highest BCUT2D eigenvalue weighted by Crippen LogP contribution is 2.39. The molecule has 0 aliphatic rings. The second-order valence-electron chi connectivity index (χ2n) is 5.36. The SMILES string of the molecule is COc1ccc(OC)c2c(SCC(NC(C)=O)C(=O)O)cc(C)nc12. The summed E-state index contributed by atoms with van der Waals surface area (Å²) in [4.78, 5) is 27.9. The molecule has 0 radical (unpaired) electrons. The number of carbonyl (C=O) groups excluding carboxylic acids is 1. The zero-order valence-corrected chi connectivity index (χ0v) is 15.3. The number of hydrogen-bond acceptors (Lipinski definition) is 6. The lowest BCUT2D eigenvalue weighted by Gasteiger charge is -2.16. The van der Waals surface area contributed by atoms with Gasteiger partial charge in [0.15, 0.2) is 0 Å². The van der Waals surface area contributed by atoms with Crippen molar-refractivity contribution in [2.45, 2.75) is 24.8 Å². The number of methoxy groups -OCH3 is 2. The van der Waals surface area contributed by atoms with Crippen molar-refractivity contribution in [2.75, 3.05) is 20.0 Å². The third-order valence-electron chi connectivity index (χ3n) is 3.50. The molecule has 1 unspecified atom stereocenters. The number of thioether (sulfide) groups is 1. The molecule has 25 heavy (non-hydrogen) atoms. The molecule has 1 aromatic carbocycles. The maximum atomic E-state index is 11.3. The van der Waals surface area contributed by atoms with Crippen molar-refractivity contribution >= 4 is 34.5 Å². The molecule has 1 aromatic heterocycles. The van der Waals surface area contributed by atoms with Crippen LogP contribution in [-0.4, -0.2) is 48.0 Å². The van der Waals surface area contributed by atoms with E-state index in [2.05, 4.69) is 10.3 Å². The molecule has 0 spiro atoms. The van der Waals surface area contributed by atoms with Gasteiger partial charge in [0.2, 0.25) is 5.91 Å². The van der Waals surface area contributed by atoms with Crippen molar-refractivity contribution < 1.29 is 24.2 Å². The first-order chi connectivity index (χ1) is 11.9. The number of carbonyl (C=O) groups is 2. The van der Waals surface area contributed by atoms with Gasteiger partial charge in [-0.1, -0.05) is 0 Å². The molecule has 7 nitrogen and oxygen atoms in total. The van der Waals surface area contributed by atoms with Crippen LogP contribution in [0.2, 0.25) is 0 Å². The Kier molecular flexibility index (Phi) is 6.08. The summed E-state index contributed by atoms with van der Waals surface area (Å²) in [5, 5.41) is 12.5. The second-order valence-corrected chi connectivity index (χ2v) is 6.42. The van der Waals surface area contributed by atoms with Gasteiger partial charge >= 0.3 is 5.97 Å². The number of aliphatic carboxylic acids is 1. The number of carboxylic acids is 1. The van der Waals surface area contributed by atoms with Gasteiger partial charge in [0.1, 0.15) is 23.1 Å². The Labute approximate surface area is 149 Å². The molecule has 0 saturated heterocycles. The number of fused-ring (bicyclic) bond motifs is 1. The molecule has 0 saturated carbocycles. The van der Waals surface area contributed by atoms with Crippen LogP contribution < -0.4 is 14.8 Å². The lowest BCUT2D eigenvalue weighted by molar-refractivity contribution is -0.140. The van der Waals surface area contributed by atoms with Crippen LogP contribution in [0.15, 0.2) is 23.1 Å². The fourth-order valence-corrected chi connectivity index (χ4v) is 3.58. The monoisotopic (exact) mass is 364 g/mol. The molecule has 2 rings (SSSR count). The fraction of sp³-hybridized carbons (Fsp3) is 0.353. The average molecular weight is 364 g/mol. The molecule has 134 valence electrons. The van der Waals surface area contributed by atoms with Crippen molar-refractivity contribution in [1.82, 2.24) is 10.3 Å². The molecule has 0 bridgehead atoms. The van der Waals surface area contributed by atoms with E-state index in [1.54, 1.807) is 26.4 Å². The number of carboxylic acid groups (broad SMARTS) is 1. The van der Waals surface area contributed by atoms with Crippen LogP contribution in [0.1, 0.15) is 12.6 Å². The summed E-state index contributed by atoms with van der Waals surface area (Å²) >= 11 is 1.32. The largest absolute Gasteiger partial charge is 0.496 e. The maximum absolute atomic E-state index is 11.3. The fourth-order valence-electron chi connectivity index (χ4n) is 2.41. The van der Waals surface area contributed by atoms with E-state index in [1.165, 1.54) is 18.7 Å². The van der Waals surface area contributed by atoms with Crippen molar-refractivity contribution in [2.24, 2.45) is 0 Å². The number of ether oxygens (including phenoxy) is 2. The van der Waals surface area contributed by atoms with Gasteiger partial charge in [0, 0.05) is 23.3 Å². The van der Waals surface area contributed by atoms with Crippen LogP contribution >= 0.6 is 11.8 Å². The normalized spacial score (nSPS) is 11.8. The van der Waals surface area contributed by atoms with E-state index in [4.69, 9.17) is 9.47 Å². The highest BCUT2D eigenvalue weighted by atomic mass is 32.2. The Morgan fingerprint density at radius 1 is 1.28 bits per heavy atom. The van der Waals surface area contributed by atoms with Crippen LogP contribution in [0.3, 0.4) is 0 Å². The van der Waals surface area contributed by atoms with E-state index in [9.17, 15) is 14.7 Å². The Morgan fingerprint density at radius 3 is 2.48 bits per heavy atom. The van der Waals surface area contributed by atoms with Crippen molar-refractivity contribution in [1.29, 1.82) is 0 Å². The Bertz CT molecular complexity index is 809. The summed E-state index contributed by atoms with van der Waals surface area (Å²) in [6.07, 6.45) is 0. The van der Waals surface area contributed by atoms with Gasteiger partial charge in [-0.25, -0.2) is 9.78 Å². The molecule has 0 aliphatic heterocycles. The summed E-state index contributed by atoms with van der Waals surface area (Å²) in [7, 11) is 3.13. The predicted molar refractivity (Wildman–Crippen MR) is 95.5 cm³/mol. The van der Waals surface area contributed by atoms with Crippen LogP contribution in [0.5, 0.6) is 11.5 Å². The molecule has 1 amide bonds. The molecular formula is C17H20N2O5S. The summed E-state index contributed by atoms with van der Waals surface area (Å²) in [6, 6.07) is 4.44. The molecular weight excluding hydrogens is 344 g/mol. The zero-order valence-electron chi connectivity index (χ0n) is 14.5. The Morgan fingerprint density at radius 2 is 1.92 bits per heavy atom. The minimum atomic E-state index is -1.08. The summed E-state index contributed by atoms with van der Waals surface area (Å²) in [6.45, 7) is 3.14. The molecule has 2 aromatic rings. The lowest BCUT2D eigenvalue weighted by Crippen LogP contribution is -2.41. The minimum absolute atomic E-state index is 0.174. The van der Waals surface area contributed by atoms with Gasteiger partial charge < -0.3 is 19.9 Å². The average Bonchev–Trinajstić information content (AvgIpc) is 2.56. The number of pyridine rings is 1. The van der Waals surface area contributed by atoms with Gasteiger partial charge in [-0.15, -0.1) is 11.8 Å². The van der Waals surface area contributed by atoms with Crippen molar-refractivity contribution in [3.8, 4) is 11.5 Å². The summed E-state index contributed by atoms with van der Waals surface area (Å²) < 4.78 is 10.8. The summed E-state index contributed by atoms with van der Waals surface area (Å²) in [5.41, 5.74) is 1.42. The number of rotatable bonds is 7. The minimum Gasteiger partial charge on any atom is -0.496 e. The summed E-state index contributed by atoms with van der Waals surface area (Å²) in [5.74, 6) is -0.0612. The molecule has 8 heteroatoms. The number of nitrogens with one attached hydrogen (secondary N) is 1. The first kappa shape index (κ1) is 18.9. The van der Waals surface area contributed by atoms with Gasteiger partial charge in [-0.3, -0.25) is 4.79 Å². The maximum Gasteiger partial charge on any atom is 0.327 e. The Hall–Kier alpha value is -2.48. The van der Waals surface area contributed by atoms with E-state index in [1.807, 2.05) is 13.0 Å². The third-order valence-corrected chi connectivity index (χ3v) is 4.63. The second kappa shape index (κ2) is 8.06. The molecule has 1 atom stereocenters. The van der Waals surface area contributed by atoms with Gasteiger partial charge in [-0.2, -0.15) is 0 Å². The molecule has 2 N–H and O–H groups in total. The van der Waals surface area contributed by atoms with Crippen LogP contribution in [0, 0.1) is 6.92 Å². The number of nitrogens with zero attached hydrogens (tertiary/aromatic N) is 1. The lowest BCUT2D eigenvalue weighted by atomic mass is 10.1. The number of aryl methyl sites for hydroxylation is 1. The molecule has 0 aliphatic carbocycles. The van der Waals surface area contributed by atoms with Crippen molar-refractivity contribution in [3.05, 3.63) is 23.9 Å². The van der Waals surface area contributed by atoms with E-state index in [0.29, 0.717) is 17.0 Å². The van der Waals surface area contributed by atoms with Crippen LogP contribution in [0.25, 0.3) is 10.9 Å². The smallest absolute Gasteiger partial charge is 0.327 e. The number of aromatic nitrogens is 1. The topological polar surface area (TPSA) is 97.8 Å². The van der Waals surface area contributed by atoms with Crippen LogP contribution in [-0.2, 0) is 9.59 Å². The van der Waals surface area contributed by atoms with E-state index in [0.717, 1.165) is 16.0 Å². The van der Waals surface area contributed by atoms with E-state index < -0.39 is 12.0 Å². The van der Waals surface area contributed by atoms with Gasteiger partial charge in [-0.05, 0) is 25.1 Å². The van der Waals surface area contributed by atoms with E-state index >= 15 is 0 Å². The molecule has 1 heterocycles. The zero-order chi connectivity index (χ0) is 18.6.